The molecule has 0 aliphatic rings. The first-order valence-corrected chi connectivity index (χ1v) is 11.4. The van der Waals surface area contributed by atoms with Crippen molar-refractivity contribution in [3.05, 3.63) is 83.9 Å². The zero-order valence-corrected chi connectivity index (χ0v) is 18.7. The number of hydrogen-bond donors (Lipinski definition) is 2. The van der Waals surface area contributed by atoms with E-state index in [-0.39, 0.29) is 5.91 Å². The molecule has 0 spiro atoms. The second kappa shape index (κ2) is 12.3. The van der Waals surface area contributed by atoms with E-state index in [4.69, 9.17) is 0 Å². The predicted octanol–water partition coefficient (Wildman–Crippen LogP) is 6.95. The molecule has 0 bridgehead atoms. The molecule has 0 fully saturated rings. The largest absolute Gasteiger partial charge is 0.354 e. The Balaban J connectivity index is 1.61. The van der Waals surface area contributed by atoms with Crippen molar-refractivity contribution in [1.82, 2.24) is 5.32 Å². The molecule has 0 atom stereocenters. The van der Waals surface area contributed by atoms with E-state index >= 15 is 0 Å². The normalized spacial score (nSPS) is 10.4. The third-order valence-corrected chi connectivity index (χ3v) is 5.52. The van der Waals surface area contributed by atoms with Crippen LogP contribution in [0.2, 0.25) is 0 Å². The van der Waals surface area contributed by atoms with Crippen LogP contribution in [0.25, 0.3) is 11.1 Å². The Labute approximate surface area is 191 Å². The number of unbranched alkanes of at least 4 members (excludes halogenated alkanes) is 4. The number of nitriles is 1. The van der Waals surface area contributed by atoms with E-state index in [0.717, 1.165) is 40.9 Å². The van der Waals surface area contributed by atoms with Gasteiger partial charge < -0.3 is 10.6 Å². The van der Waals surface area contributed by atoms with Gasteiger partial charge in [-0.25, -0.2) is 0 Å². The summed E-state index contributed by atoms with van der Waals surface area (Å²) in [5, 5.41) is 15.7. The van der Waals surface area contributed by atoms with Crippen molar-refractivity contribution < 1.29 is 4.79 Å². The monoisotopic (exact) mass is 425 g/mol. The highest BCUT2D eigenvalue weighted by Crippen LogP contribution is 2.27. The summed E-state index contributed by atoms with van der Waals surface area (Å²) >= 11 is 0. The van der Waals surface area contributed by atoms with Gasteiger partial charge in [-0.1, -0.05) is 81.1 Å². The zero-order valence-electron chi connectivity index (χ0n) is 18.7. The van der Waals surface area contributed by atoms with Crippen molar-refractivity contribution in [2.24, 2.45) is 0 Å². The van der Waals surface area contributed by atoms with E-state index in [1.54, 1.807) is 6.07 Å². The number of para-hydroxylation sites is 1. The van der Waals surface area contributed by atoms with Gasteiger partial charge in [0.1, 0.15) is 6.07 Å². The molecule has 0 saturated carbocycles. The lowest BCUT2D eigenvalue weighted by Crippen LogP contribution is -2.22. The van der Waals surface area contributed by atoms with Gasteiger partial charge in [0.05, 0.1) is 11.3 Å². The van der Waals surface area contributed by atoms with Gasteiger partial charge in [-0.3, -0.25) is 4.79 Å². The van der Waals surface area contributed by atoms with Crippen molar-refractivity contribution in [3.8, 4) is 17.2 Å². The van der Waals surface area contributed by atoms with Crippen molar-refractivity contribution in [1.29, 1.82) is 5.26 Å². The number of anilines is 2. The van der Waals surface area contributed by atoms with Crippen LogP contribution in [0.15, 0.2) is 72.8 Å². The average molecular weight is 426 g/mol. The molecule has 3 aromatic carbocycles. The molecule has 164 valence electrons. The number of carbonyl (C=O) groups is 1. The second-order valence-electron chi connectivity index (χ2n) is 7.96. The smallest absolute Gasteiger partial charge is 0.220 e. The van der Waals surface area contributed by atoms with Crippen molar-refractivity contribution in [2.45, 2.75) is 52.0 Å². The Morgan fingerprint density at radius 2 is 1.59 bits per heavy atom. The third-order valence-electron chi connectivity index (χ3n) is 5.52. The van der Waals surface area contributed by atoms with Crippen LogP contribution < -0.4 is 10.6 Å². The van der Waals surface area contributed by atoms with Crippen molar-refractivity contribution in [2.75, 3.05) is 5.32 Å². The molecule has 4 nitrogen and oxygen atoms in total. The summed E-state index contributed by atoms with van der Waals surface area (Å²) in [7, 11) is 0. The van der Waals surface area contributed by atoms with Gasteiger partial charge in [0, 0.05) is 18.7 Å². The molecule has 0 saturated heterocycles. The molecule has 2 N–H and O–H groups in total. The van der Waals surface area contributed by atoms with Crippen LogP contribution in [0.5, 0.6) is 0 Å². The quantitative estimate of drug-likeness (QED) is 0.327. The summed E-state index contributed by atoms with van der Waals surface area (Å²) in [5.41, 5.74) is 5.63. The average Bonchev–Trinajstić information content (AvgIpc) is 2.84. The van der Waals surface area contributed by atoms with Crippen molar-refractivity contribution >= 4 is 17.3 Å². The highest BCUT2D eigenvalue weighted by molar-refractivity contribution is 5.77. The van der Waals surface area contributed by atoms with Gasteiger partial charge in [0.25, 0.3) is 0 Å². The van der Waals surface area contributed by atoms with Gasteiger partial charge in [0.15, 0.2) is 0 Å². The number of nitrogens with one attached hydrogen (secondary N) is 2. The maximum atomic E-state index is 12.2. The molecule has 4 heteroatoms. The predicted molar refractivity (Wildman–Crippen MR) is 132 cm³/mol. The van der Waals surface area contributed by atoms with E-state index in [0.29, 0.717) is 18.5 Å². The summed E-state index contributed by atoms with van der Waals surface area (Å²) in [6.07, 6.45) is 6.34. The van der Waals surface area contributed by atoms with Crippen molar-refractivity contribution in [3.63, 3.8) is 0 Å². The number of nitrogens with zero attached hydrogens (tertiary/aromatic N) is 1. The van der Waals surface area contributed by atoms with E-state index < -0.39 is 0 Å². The first-order chi connectivity index (χ1) is 15.7. The van der Waals surface area contributed by atoms with Gasteiger partial charge in [-0.2, -0.15) is 5.26 Å². The molecule has 0 aromatic heterocycles. The third kappa shape index (κ3) is 6.72. The summed E-state index contributed by atoms with van der Waals surface area (Å²) < 4.78 is 0. The minimum atomic E-state index is 0.118. The molecule has 0 aliphatic carbocycles. The SMILES string of the molecule is CCCCCCCC(=O)NCc1ccccc1-c1ccc(Nc2ccccc2C#N)cc1. The summed E-state index contributed by atoms with van der Waals surface area (Å²) in [6, 6.07) is 26.0. The Hall–Kier alpha value is -3.58. The standard InChI is InChI=1S/C28H31N3O/c1-2-3-4-5-6-15-28(32)30-21-24-12-7-9-13-26(24)22-16-18-25(19-17-22)31-27-14-10-8-11-23(27)20-29/h7-14,16-19,31H,2-6,15,21H2,1H3,(H,30,32). The number of amides is 1. The molecule has 3 rings (SSSR count). The van der Waals surface area contributed by atoms with E-state index in [2.05, 4.69) is 47.9 Å². The van der Waals surface area contributed by atoms with Crippen LogP contribution in [0.1, 0.15) is 56.6 Å². The fraction of sp³-hybridized carbons (Fsp3) is 0.286. The molecule has 0 radical (unpaired) electrons. The minimum absolute atomic E-state index is 0.118. The topological polar surface area (TPSA) is 64.9 Å². The molecular formula is C28H31N3O. The highest BCUT2D eigenvalue weighted by atomic mass is 16.1. The van der Waals surface area contributed by atoms with E-state index in [1.807, 2.05) is 42.5 Å². The lowest BCUT2D eigenvalue weighted by molar-refractivity contribution is -0.121. The molecule has 1 amide bonds. The molecule has 32 heavy (non-hydrogen) atoms. The number of carbonyl (C=O) groups excluding carboxylic acids is 1. The molecule has 0 heterocycles. The van der Waals surface area contributed by atoms with Crippen LogP contribution in [-0.4, -0.2) is 5.91 Å². The number of benzene rings is 3. The van der Waals surface area contributed by atoms with E-state index in [1.165, 1.54) is 19.3 Å². The van der Waals surface area contributed by atoms with Gasteiger partial charge >= 0.3 is 0 Å². The zero-order chi connectivity index (χ0) is 22.6. The summed E-state index contributed by atoms with van der Waals surface area (Å²) in [4.78, 5) is 12.2. The highest BCUT2D eigenvalue weighted by Gasteiger charge is 2.08. The van der Waals surface area contributed by atoms with Crippen LogP contribution >= 0.6 is 0 Å². The van der Waals surface area contributed by atoms with Gasteiger partial charge in [-0.15, -0.1) is 0 Å². The molecule has 0 unspecified atom stereocenters. The lowest BCUT2D eigenvalue weighted by Gasteiger charge is -2.13. The van der Waals surface area contributed by atoms with Gasteiger partial charge in [0.2, 0.25) is 5.91 Å². The molecular weight excluding hydrogens is 394 g/mol. The van der Waals surface area contributed by atoms with Gasteiger partial charge in [-0.05, 0) is 47.4 Å². The molecule has 0 aliphatic heterocycles. The van der Waals surface area contributed by atoms with Crippen LogP contribution in [0.4, 0.5) is 11.4 Å². The summed E-state index contributed by atoms with van der Waals surface area (Å²) in [6.45, 7) is 2.72. The van der Waals surface area contributed by atoms with Crippen LogP contribution in [0.3, 0.4) is 0 Å². The first kappa shape index (κ1) is 23.1. The fourth-order valence-corrected chi connectivity index (χ4v) is 3.71. The number of hydrogen-bond acceptors (Lipinski definition) is 3. The number of rotatable bonds is 11. The maximum Gasteiger partial charge on any atom is 0.220 e. The Bertz CT molecular complexity index is 1050. The molecule has 3 aromatic rings. The minimum Gasteiger partial charge on any atom is -0.354 e. The maximum absolute atomic E-state index is 12.2. The van der Waals surface area contributed by atoms with Crippen LogP contribution in [0, 0.1) is 11.3 Å². The summed E-state index contributed by atoms with van der Waals surface area (Å²) in [5.74, 6) is 0.118. The fourth-order valence-electron chi connectivity index (χ4n) is 3.71. The van der Waals surface area contributed by atoms with Crippen LogP contribution in [-0.2, 0) is 11.3 Å². The first-order valence-electron chi connectivity index (χ1n) is 11.4. The Morgan fingerprint density at radius 1 is 0.875 bits per heavy atom. The Morgan fingerprint density at radius 3 is 2.38 bits per heavy atom. The Kier molecular flexibility index (Phi) is 8.89. The second-order valence-corrected chi connectivity index (χ2v) is 7.96. The lowest BCUT2D eigenvalue weighted by atomic mass is 9.99. The van der Waals surface area contributed by atoms with E-state index in [9.17, 15) is 10.1 Å².